The summed E-state index contributed by atoms with van der Waals surface area (Å²) in [5, 5.41) is 2.41. The Bertz CT molecular complexity index is 587. The van der Waals surface area contributed by atoms with Gasteiger partial charge in [-0.05, 0) is 37.6 Å². The van der Waals surface area contributed by atoms with Crippen LogP contribution in [0.5, 0.6) is 0 Å². The van der Waals surface area contributed by atoms with Gasteiger partial charge in [-0.3, -0.25) is 4.79 Å². The highest BCUT2D eigenvalue weighted by atomic mass is 32.2. The SMILES string of the molecule is CC(CCCN)C(=O)Nc1cc(S(C)(=O)=O)ccc1F. The fourth-order valence-corrected chi connectivity index (χ4v) is 2.29. The summed E-state index contributed by atoms with van der Waals surface area (Å²) in [4.78, 5) is 11.8. The topological polar surface area (TPSA) is 89.3 Å². The molecule has 0 bridgehead atoms. The lowest BCUT2D eigenvalue weighted by atomic mass is 10.0. The maximum atomic E-state index is 13.6. The molecule has 1 rings (SSSR count). The standard InChI is InChI=1S/C13H19FN2O3S/c1-9(4-3-7-15)13(17)16-12-8-10(20(2,18)19)5-6-11(12)14/h5-6,8-9H,3-4,7,15H2,1-2H3,(H,16,17). The second-order valence-corrected chi connectivity index (χ2v) is 6.75. The lowest BCUT2D eigenvalue weighted by molar-refractivity contribution is -0.119. The Balaban J connectivity index is 2.89. The number of sulfone groups is 1. The molecule has 0 spiro atoms. The average molecular weight is 302 g/mol. The molecule has 112 valence electrons. The first kappa shape index (κ1) is 16.6. The quantitative estimate of drug-likeness (QED) is 0.780. The molecule has 5 nitrogen and oxygen atoms in total. The molecule has 1 unspecified atom stereocenters. The van der Waals surface area contributed by atoms with Crippen molar-refractivity contribution in [3.8, 4) is 0 Å². The Morgan fingerprint density at radius 2 is 2.10 bits per heavy atom. The fraction of sp³-hybridized carbons (Fsp3) is 0.462. The number of nitrogens with two attached hydrogens (primary N) is 1. The van der Waals surface area contributed by atoms with Crippen LogP contribution in [0, 0.1) is 11.7 Å². The van der Waals surface area contributed by atoms with Crippen molar-refractivity contribution >= 4 is 21.4 Å². The molecule has 0 aliphatic heterocycles. The molecule has 20 heavy (non-hydrogen) atoms. The zero-order valence-corrected chi connectivity index (χ0v) is 12.3. The van der Waals surface area contributed by atoms with Gasteiger partial charge in [-0.25, -0.2) is 12.8 Å². The minimum Gasteiger partial charge on any atom is -0.330 e. The smallest absolute Gasteiger partial charge is 0.227 e. The highest BCUT2D eigenvalue weighted by molar-refractivity contribution is 7.90. The molecule has 0 fully saturated rings. The average Bonchev–Trinajstić information content (AvgIpc) is 2.37. The molecule has 0 saturated carbocycles. The summed E-state index contributed by atoms with van der Waals surface area (Å²) in [5.74, 6) is -1.35. The van der Waals surface area contributed by atoms with Crippen LogP contribution in [0.1, 0.15) is 19.8 Å². The number of carbonyl (C=O) groups is 1. The summed E-state index contributed by atoms with van der Waals surface area (Å²) in [6.45, 7) is 2.19. The Labute approximate surface area is 118 Å². The second-order valence-electron chi connectivity index (χ2n) is 4.74. The monoisotopic (exact) mass is 302 g/mol. The van der Waals surface area contributed by atoms with Gasteiger partial charge in [-0.15, -0.1) is 0 Å². The third-order valence-corrected chi connectivity index (χ3v) is 4.02. The van der Waals surface area contributed by atoms with Gasteiger partial charge >= 0.3 is 0 Å². The number of carbonyl (C=O) groups excluding carboxylic acids is 1. The summed E-state index contributed by atoms with van der Waals surface area (Å²) in [6, 6.07) is 3.31. The van der Waals surface area contributed by atoms with Crippen molar-refractivity contribution in [2.24, 2.45) is 11.7 Å². The molecule has 1 aromatic rings. The molecule has 0 heterocycles. The number of amides is 1. The lowest BCUT2D eigenvalue weighted by Gasteiger charge is -2.13. The normalized spacial score (nSPS) is 13.0. The fourth-order valence-electron chi connectivity index (χ4n) is 1.64. The van der Waals surface area contributed by atoms with Crippen LogP contribution in [-0.4, -0.2) is 27.1 Å². The summed E-state index contributed by atoms with van der Waals surface area (Å²) in [5.41, 5.74) is 5.24. The van der Waals surface area contributed by atoms with Crippen LogP contribution in [0.4, 0.5) is 10.1 Å². The van der Waals surface area contributed by atoms with E-state index in [1.54, 1.807) is 6.92 Å². The predicted octanol–water partition coefficient (Wildman–Crippen LogP) is 1.54. The van der Waals surface area contributed by atoms with Crippen molar-refractivity contribution in [3.63, 3.8) is 0 Å². The molecule has 3 N–H and O–H groups in total. The van der Waals surface area contributed by atoms with Crippen molar-refractivity contribution in [1.82, 2.24) is 0 Å². The molecule has 0 radical (unpaired) electrons. The number of rotatable bonds is 6. The molecule has 0 aromatic heterocycles. The Hall–Kier alpha value is -1.47. The molecular formula is C13H19FN2O3S. The van der Waals surface area contributed by atoms with E-state index < -0.39 is 15.7 Å². The summed E-state index contributed by atoms with van der Waals surface area (Å²) in [6.07, 6.45) is 2.31. The third kappa shape index (κ3) is 4.57. The zero-order valence-electron chi connectivity index (χ0n) is 11.5. The number of benzene rings is 1. The second kappa shape index (κ2) is 6.81. The summed E-state index contributed by atoms with van der Waals surface area (Å²) in [7, 11) is -3.45. The van der Waals surface area contributed by atoms with Crippen molar-refractivity contribution in [2.45, 2.75) is 24.7 Å². The van der Waals surface area contributed by atoms with Crippen LogP contribution in [0.25, 0.3) is 0 Å². The van der Waals surface area contributed by atoms with E-state index in [1.807, 2.05) is 0 Å². The van der Waals surface area contributed by atoms with Crippen LogP contribution in [0.15, 0.2) is 23.1 Å². The van der Waals surface area contributed by atoms with Gasteiger partial charge in [0.25, 0.3) is 0 Å². The van der Waals surface area contributed by atoms with E-state index >= 15 is 0 Å². The minimum atomic E-state index is -3.45. The zero-order chi connectivity index (χ0) is 15.3. The van der Waals surface area contributed by atoms with Crippen molar-refractivity contribution in [1.29, 1.82) is 0 Å². The van der Waals surface area contributed by atoms with Crippen molar-refractivity contribution in [2.75, 3.05) is 18.1 Å². The van der Waals surface area contributed by atoms with Gasteiger partial charge in [0, 0.05) is 12.2 Å². The maximum Gasteiger partial charge on any atom is 0.227 e. The van der Waals surface area contributed by atoms with Gasteiger partial charge in [0.2, 0.25) is 5.91 Å². The number of halogens is 1. The highest BCUT2D eigenvalue weighted by Crippen LogP contribution is 2.20. The first-order valence-electron chi connectivity index (χ1n) is 6.26. The van der Waals surface area contributed by atoms with Gasteiger partial charge in [-0.1, -0.05) is 6.92 Å². The Morgan fingerprint density at radius 1 is 1.45 bits per heavy atom. The van der Waals surface area contributed by atoms with Gasteiger partial charge in [-0.2, -0.15) is 0 Å². The predicted molar refractivity (Wildman–Crippen MR) is 75.6 cm³/mol. The molecule has 7 heteroatoms. The lowest BCUT2D eigenvalue weighted by Crippen LogP contribution is -2.22. The largest absolute Gasteiger partial charge is 0.330 e. The summed E-state index contributed by atoms with van der Waals surface area (Å²) < 4.78 is 36.4. The van der Waals surface area contributed by atoms with Crippen LogP contribution < -0.4 is 11.1 Å². The van der Waals surface area contributed by atoms with Gasteiger partial charge in [0.05, 0.1) is 10.6 Å². The molecule has 1 amide bonds. The number of anilines is 1. The summed E-state index contributed by atoms with van der Waals surface area (Å²) >= 11 is 0. The number of hydrogen-bond donors (Lipinski definition) is 2. The van der Waals surface area contributed by atoms with Crippen LogP contribution >= 0.6 is 0 Å². The van der Waals surface area contributed by atoms with E-state index in [9.17, 15) is 17.6 Å². The molecule has 1 atom stereocenters. The van der Waals surface area contributed by atoms with Crippen molar-refractivity contribution < 1.29 is 17.6 Å². The molecule has 0 aliphatic carbocycles. The molecule has 0 saturated heterocycles. The number of nitrogens with one attached hydrogen (secondary N) is 1. The first-order valence-corrected chi connectivity index (χ1v) is 8.15. The van der Waals surface area contributed by atoms with E-state index in [0.717, 1.165) is 24.5 Å². The van der Waals surface area contributed by atoms with Crippen LogP contribution in [0.2, 0.25) is 0 Å². The van der Waals surface area contributed by atoms with Gasteiger partial charge in [0.15, 0.2) is 9.84 Å². The maximum absolute atomic E-state index is 13.6. The Kier molecular flexibility index (Phi) is 5.64. The Morgan fingerprint density at radius 3 is 2.65 bits per heavy atom. The minimum absolute atomic E-state index is 0.0381. The molecule has 0 aliphatic rings. The number of hydrogen-bond acceptors (Lipinski definition) is 4. The van der Waals surface area contributed by atoms with E-state index in [4.69, 9.17) is 5.73 Å². The van der Waals surface area contributed by atoms with Gasteiger partial charge < -0.3 is 11.1 Å². The van der Waals surface area contributed by atoms with Crippen LogP contribution in [-0.2, 0) is 14.6 Å². The third-order valence-electron chi connectivity index (χ3n) is 2.91. The first-order chi connectivity index (χ1) is 9.25. The highest BCUT2D eigenvalue weighted by Gasteiger charge is 2.16. The van der Waals surface area contributed by atoms with E-state index in [1.165, 1.54) is 0 Å². The van der Waals surface area contributed by atoms with Crippen LogP contribution in [0.3, 0.4) is 0 Å². The van der Waals surface area contributed by atoms with Crippen molar-refractivity contribution in [3.05, 3.63) is 24.0 Å². The van der Waals surface area contributed by atoms with Gasteiger partial charge in [0.1, 0.15) is 5.82 Å². The van der Waals surface area contributed by atoms with E-state index in [-0.39, 0.29) is 22.4 Å². The molecular weight excluding hydrogens is 283 g/mol. The van der Waals surface area contributed by atoms with E-state index in [2.05, 4.69) is 5.32 Å². The van der Waals surface area contributed by atoms with E-state index in [0.29, 0.717) is 19.4 Å². The molecule has 1 aromatic carbocycles.